The van der Waals surface area contributed by atoms with Gasteiger partial charge in [-0.2, -0.15) is 0 Å². The molecule has 0 aliphatic carbocycles. The molecule has 1 aromatic heterocycles. The molecule has 3 nitrogen and oxygen atoms in total. The van der Waals surface area contributed by atoms with E-state index in [1.165, 1.54) is 0 Å². The van der Waals surface area contributed by atoms with Crippen LogP contribution < -0.4 is 5.32 Å². The lowest BCUT2D eigenvalue weighted by molar-refractivity contribution is -0.0976. The van der Waals surface area contributed by atoms with Crippen molar-refractivity contribution in [2.45, 2.75) is 25.9 Å². The second-order valence-corrected chi connectivity index (χ2v) is 4.89. The number of nitrogens with one attached hydrogen (secondary N) is 1. The molecule has 0 bridgehead atoms. The van der Waals surface area contributed by atoms with Gasteiger partial charge in [0, 0.05) is 18.2 Å². The fraction of sp³-hybridized carbons (Fsp3) is 0.583. The highest BCUT2D eigenvalue weighted by atomic mass is 16.3. The van der Waals surface area contributed by atoms with E-state index in [9.17, 15) is 5.11 Å². The van der Waals surface area contributed by atoms with Crippen LogP contribution in [0.15, 0.2) is 24.4 Å². The van der Waals surface area contributed by atoms with Crippen molar-refractivity contribution in [3.05, 3.63) is 30.1 Å². The van der Waals surface area contributed by atoms with Crippen LogP contribution in [0, 0.1) is 5.41 Å². The summed E-state index contributed by atoms with van der Waals surface area (Å²) < 4.78 is 0. The van der Waals surface area contributed by atoms with Gasteiger partial charge in [-0.1, -0.05) is 19.9 Å². The molecule has 15 heavy (non-hydrogen) atoms. The molecular formula is C12H18N2O. The molecule has 1 aliphatic rings. The highest BCUT2D eigenvalue weighted by Crippen LogP contribution is 2.42. The maximum Gasteiger partial charge on any atom is 0.114 e. The zero-order valence-corrected chi connectivity index (χ0v) is 9.33. The first kappa shape index (κ1) is 10.6. The number of aromatic nitrogens is 1. The Bertz CT molecular complexity index is 337. The average Bonchev–Trinajstić information content (AvgIpc) is 2.24. The summed E-state index contributed by atoms with van der Waals surface area (Å²) in [6.07, 6.45) is 2.46. The smallest absolute Gasteiger partial charge is 0.114 e. The van der Waals surface area contributed by atoms with Gasteiger partial charge in [-0.25, -0.2) is 0 Å². The lowest BCUT2D eigenvalue weighted by Gasteiger charge is -2.46. The van der Waals surface area contributed by atoms with Gasteiger partial charge in [-0.15, -0.1) is 0 Å². The van der Waals surface area contributed by atoms with E-state index < -0.39 is 5.60 Å². The number of aliphatic hydroxyl groups is 1. The third-order valence-electron chi connectivity index (χ3n) is 3.44. The molecule has 0 spiro atoms. The van der Waals surface area contributed by atoms with Crippen molar-refractivity contribution >= 4 is 0 Å². The summed E-state index contributed by atoms with van der Waals surface area (Å²) in [4.78, 5) is 4.29. The standard InChI is InChI=1S/C12H18N2O/c1-11(2)9-13-8-6-12(11,15)10-5-3-4-7-14-10/h3-5,7,13,15H,6,8-9H2,1-2H3. The fourth-order valence-corrected chi connectivity index (χ4v) is 2.24. The van der Waals surface area contributed by atoms with E-state index in [0.29, 0.717) is 0 Å². The van der Waals surface area contributed by atoms with Crippen molar-refractivity contribution in [2.75, 3.05) is 13.1 Å². The lowest BCUT2D eigenvalue weighted by Crippen LogP contribution is -2.54. The van der Waals surface area contributed by atoms with Gasteiger partial charge in [0.05, 0.1) is 5.69 Å². The molecule has 1 unspecified atom stereocenters. The average molecular weight is 206 g/mol. The minimum absolute atomic E-state index is 0.181. The lowest BCUT2D eigenvalue weighted by atomic mass is 9.69. The highest BCUT2D eigenvalue weighted by Gasteiger charge is 2.47. The predicted octanol–water partition coefficient (Wildman–Crippen LogP) is 1.29. The van der Waals surface area contributed by atoms with Gasteiger partial charge in [0.1, 0.15) is 5.60 Å². The predicted molar refractivity (Wildman–Crippen MR) is 59.4 cm³/mol. The number of rotatable bonds is 1. The van der Waals surface area contributed by atoms with E-state index in [2.05, 4.69) is 24.1 Å². The number of pyridine rings is 1. The molecule has 0 radical (unpaired) electrons. The van der Waals surface area contributed by atoms with Gasteiger partial charge in [0.15, 0.2) is 0 Å². The van der Waals surface area contributed by atoms with E-state index in [-0.39, 0.29) is 5.41 Å². The zero-order chi connectivity index (χ0) is 10.9. The summed E-state index contributed by atoms with van der Waals surface area (Å²) in [5.74, 6) is 0. The summed E-state index contributed by atoms with van der Waals surface area (Å²) in [6, 6.07) is 5.71. The number of piperidine rings is 1. The Kier molecular flexibility index (Phi) is 2.52. The van der Waals surface area contributed by atoms with Crippen LogP contribution >= 0.6 is 0 Å². The third kappa shape index (κ3) is 1.66. The molecule has 0 aromatic carbocycles. The molecule has 2 N–H and O–H groups in total. The maximum absolute atomic E-state index is 10.8. The topological polar surface area (TPSA) is 45.1 Å². The first-order valence-electron chi connectivity index (χ1n) is 5.41. The largest absolute Gasteiger partial charge is 0.383 e. The van der Waals surface area contributed by atoms with E-state index >= 15 is 0 Å². The van der Waals surface area contributed by atoms with Crippen LogP contribution in [0.2, 0.25) is 0 Å². The van der Waals surface area contributed by atoms with Crippen LogP contribution in [0.4, 0.5) is 0 Å². The van der Waals surface area contributed by atoms with Crippen molar-refractivity contribution < 1.29 is 5.11 Å². The van der Waals surface area contributed by atoms with Gasteiger partial charge in [0.25, 0.3) is 0 Å². The molecule has 0 saturated carbocycles. The summed E-state index contributed by atoms with van der Waals surface area (Å²) in [5, 5.41) is 14.1. The van der Waals surface area contributed by atoms with Crippen LogP contribution in [0.1, 0.15) is 26.0 Å². The molecule has 2 heterocycles. The Morgan fingerprint density at radius 3 is 2.80 bits per heavy atom. The van der Waals surface area contributed by atoms with Crippen LogP contribution in [0.3, 0.4) is 0 Å². The van der Waals surface area contributed by atoms with Crippen LogP contribution in [0.5, 0.6) is 0 Å². The van der Waals surface area contributed by atoms with E-state index in [4.69, 9.17) is 0 Å². The van der Waals surface area contributed by atoms with Crippen molar-refractivity contribution in [2.24, 2.45) is 5.41 Å². The summed E-state index contributed by atoms with van der Waals surface area (Å²) in [6.45, 7) is 5.82. The Morgan fingerprint density at radius 2 is 2.20 bits per heavy atom. The minimum Gasteiger partial charge on any atom is -0.383 e. The molecular weight excluding hydrogens is 188 g/mol. The monoisotopic (exact) mass is 206 g/mol. The summed E-state index contributed by atoms with van der Waals surface area (Å²) >= 11 is 0. The second-order valence-electron chi connectivity index (χ2n) is 4.89. The third-order valence-corrected chi connectivity index (χ3v) is 3.44. The molecule has 0 amide bonds. The van der Waals surface area contributed by atoms with Gasteiger partial charge in [0.2, 0.25) is 0 Å². The first-order valence-corrected chi connectivity index (χ1v) is 5.41. The van der Waals surface area contributed by atoms with E-state index in [0.717, 1.165) is 25.2 Å². The molecule has 1 saturated heterocycles. The first-order chi connectivity index (χ1) is 7.06. The van der Waals surface area contributed by atoms with Crippen LogP contribution in [-0.4, -0.2) is 23.2 Å². The van der Waals surface area contributed by atoms with Gasteiger partial charge < -0.3 is 10.4 Å². The Labute approximate surface area is 90.5 Å². The number of hydrogen-bond donors (Lipinski definition) is 2. The highest BCUT2D eigenvalue weighted by molar-refractivity contribution is 5.18. The van der Waals surface area contributed by atoms with E-state index in [1.807, 2.05) is 18.2 Å². The molecule has 3 heteroatoms. The molecule has 1 fully saturated rings. The summed E-state index contributed by atoms with van der Waals surface area (Å²) in [7, 11) is 0. The normalized spacial score (nSPS) is 30.1. The Morgan fingerprint density at radius 1 is 1.40 bits per heavy atom. The Balaban J connectivity index is 2.40. The molecule has 1 aliphatic heterocycles. The number of nitrogens with zero attached hydrogens (tertiary/aromatic N) is 1. The van der Waals surface area contributed by atoms with Crippen LogP contribution in [0.25, 0.3) is 0 Å². The van der Waals surface area contributed by atoms with Crippen molar-refractivity contribution in [1.29, 1.82) is 0 Å². The second kappa shape index (κ2) is 3.58. The van der Waals surface area contributed by atoms with Gasteiger partial charge in [-0.05, 0) is 25.1 Å². The van der Waals surface area contributed by atoms with Gasteiger partial charge >= 0.3 is 0 Å². The maximum atomic E-state index is 10.8. The molecule has 1 aromatic rings. The fourth-order valence-electron chi connectivity index (χ4n) is 2.24. The van der Waals surface area contributed by atoms with Crippen molar-refractivity contribution in [1.82, 2.24) is 10.3 Å². The molecule has 1 atom stereocenters. The Hall–Kier alpha value is -0.930. The molecule has 82 valence electrons. The number of hydrogen-bond acceptors (Lipinski definition) is 3. The van der Waals surface area contributed by atoms with Crippen LogP contribution in [-0.2, 0) is 5.60 Å². The van der Waals surface area contributed by atoms with Crippen molar-refractivity contribution in [3.63, 3.8) is 0 Å². The van der Waals surface area contributed by atoms with E-state index in [1.54, 1.807) is 6.20 Å². The van der Waals surface area contributed by atoms with Crippen molar-refractivity contribution in [3.8, 4) is 0 Å². The van der Waals surface area contributed by atoms with Gasteiger partial charge in [-0.3, -0.25) is 4.98 Å². The minimum atomic E-state index is -0.806. The zero-order valence-electron chi connectivity index (χ0n) is 9.33. The summed E-state index contributed by atoms with van der Waals surface area (Å²) in [5.41, 5.74) is -0.199. The SMILES string of the molecule is CC1(C)CNCCC1(O)c1ccccn1. The quantitative estimate of drug-likeness (QED) is 0.727. The molecule has 2 rings (SSSR count).